The zero-order chi connectivity index (χ0) is 35.6. The fourth-order valence-electron chi connectivity index (χ4n) is 8.01. The van der Waals surface area contributed by atoms with Crippen molar-refractivity contribution in [2.45, 2.75) is 50.2 Å². The lowest BCUT2D eigenvalue weighted by Gasteiger charge is -2.37. The summed E-state index contributed by atoms with van der Waals surface area (Å²) < 4.78 is 12.5. The van der Waals surface area contributed by atoms with Crippen molar-refractivity contribution >= 4 is 42.4 Å². The number of carbonyl (C=O) groups excluding carboxylic acids is 3. The van der Waals surface area contributed by atoms with Gasteiger partial charge in [-0.3, -0.25) is 14.4 Å². The minimum Gasteiger partial charge on any atom is -0.497 e. The summed E-state index contributed by atoms with van der Waals surface area (Å²) in [5.41, 5.74) is 1.90. The zero-order valence-corrected chi connectivity index (χ0v) is 30.3. The molecule has 2 aliphatic heterocycles. The van der Waals surface area contributed by atoms with E-state index in [-0.39, 0.29) is 48.8 Å². The molecule has 10 heteroatoms. The van der Waals surface area contributed by atoms with Crippen LogP contribution in [-0.4, -0.2) is 69.2 Å². The molecule has 2 N–H and O–H groups in total. The van der Waals surface area contributed by atoms with Crippen molar-refractivity contribution in [3.05, 3.63) is 120 Å². The molecule has 4 atom stereocenters. The quantitative estimate of drug-likeness (QED) is 0.200. The number of anilines is 2. The fraction of sp³-hybridized carbons (Fsp3) is 0.325. The number of benzene rings is 4. The fourth-order valence-corrected chi connectivity index (χ4v) is 12.0. The average molecular weight is 692 g/mol. The van der Waals surface area contributed by atoms with E-state index in [4.69, 9.17) is 9.47 Å². The molecule has 0 bridgehead atoms. The van der Waals surface area contributed by atoms with E-state index in [1.165, 1.54) is 0 Å². The molecular formula is C40H45N3O6Si. The molecule has 4 aromatic carbocycles. The van der Waals surface area contributed by atoms with Crippen LogP contribution in [0.2, 0.25) is 18.6 Å². The first-order valence-corrected chi connectivity index (χ1v) is 20.1. The predicted octanol–water partition coefficient (Wildman–Crippen LogP) is 5.55. The van der Waals surface area contributed by atoms with Gasteiger partial charge in [-0.15, -0.1) is 0 Å². The summed E-state index contributed by atoms with van der Waals surface area (Å²) in [4.78, 5) is 45.2. The summed E-state index contributed by atoms with van der Waals surface area (Å²) in [6, 6.07) is 32.3. The van der Waals surface area contributed by atoms with Gasteiger partial charge in [0.2, 0.25) is 5.91 Å². The molecule has 0 radical (unpaired) electrons. The van der Waals surface area contributed by atoms with Crippen LogP contribution >= 0.6 is 0 Å². The molecule has 50 heavy (non-hydrogen) atoms. The molecule has 1 saturated heterocycles. The molecule has 4 aromatic rings. The summed E-state index contributed by atoms with van der Waals surface area (Å²) in [7, 11) is 0.891. The van der Waals surface area contributed by atoms with E-state index in [9.17, 15) is 19.5 Å². The Kier molecular flexibility index (Phi) is 9.97. The summed E-state index contributed by atoms with van der Waals surface area (Å²) >= 11 is 0. The Bertz CT molecular complexity index is 1850. The van der Waals surface area contributed by atoms with Crippen LogP contribution in [0.25, 0.3) is 0 Å². The molecule has 1 fully saturated rings. The summed E-state index contributed by atoms with van der Waals surface area (Å²) in [6.45, 7) is 6.97. The first kappa shape index (κ1) is 35.1. The third-order valence-corrected chi connectivity index (χ3v) is 14.9. The average Bonchev–Trinajstić information content (AvgIpc) is 3.54. The molecule has 0 aromatic heterocycles. The van der Waals surface area contributed by atoms with E-state index in [0.717, 1.165) is 16.5 Å². The third-order valence-electron chi connectivity index (χ3n) is 10.6. The van der Waals surface area contributed by atoms with Gasteiger partial charge in [-0.1, -0.05) is 85.9 Å². The van der Waals surface area contributed by atoms with E-state index in [1.807, 2.05) is 72.8 Å². The lowest BCUT2D eigenvalue weighted by Crippen LogP contribution is -2.52. The number of fused-ring (bicyclic) bond motifs is 2. The van der Waals surface area contributed by atoms with Crippen molar-refractivity contribution < 1.29 is 29.0 Å². The standard InChI is InChI=1S/C40H45N3O6Si/c1-27-37(50(4,5)32-19-17-31(48-3)18-20-32)35(25-36(45)43(22-23-44)26-28-12-8-6-9-13-28)49-40(27)33-24-30(16-21-34(33)42(2)39(40)47)41-38(46)29-14-10-7-11-15-29/h6-21,24,27,35,37,44H,22-23,25-26H2,1-5H3,(H,41,46)/t27-,35+,37-,40+/m1/s1. The van der Waals surface area contributed by atoms with Crippen LogP contribution in [0, 0.1) is 5.92 Å². The van der Waals surface area contributed by atoms with Gasteiger partial charge in [0.05, 0.1) is 40.0 Å². The highest BCUT2D eigenvalue weighted by Gasteiger charge is 2.66. The number of carbonyl (C=O) groups is 3. The second kappa shape index (κ2) is 14.2. The van der Waals surface area contributed by atoms with Crippen molar-refractivity contribution in [1.29, 1.82) is 0 Å². The third kappa shape index (κ3) is 6.34. The zero-order valence-electron chi connectivity index (χ0n) is 29.3. The van der Waals surface area contributed by atoms with Gasteiger partial charge in [0.25, 0.3) is 11.8 Å². The smallest absolute Gasteiger partial charge is 0.264 e. The number of rotatable bonds is 11. The van der Waals surface area contributed by atoms with Crippen LogP contribution in [0.4, 0.5) is 11.4 Å². The maximum atomic E-state index is 14.5. The van der Waals surface area contributed by atoms with Crippen LogP contribution in [0.5, 0.6) is 5.75 Å². The van der Waals surface area contributed by atoms with Crippen molar-refractivity contribution in [2.24, 2.45) is 5.92 Å². The highest BCUT2D eigenvalue weighted by Crippen LogP contribution is 2.60. The number of nitrogens with one attached hydrogen (secondary N) is 1. The molecule has 260 valence electrons. The number of ether oxygens (including phenoxy) is 2. The van der Waals surface area contributed by atoms with E-state index in [1.54, 1.807) is 42.2 Å². The van der Waals surface area contributed by atoms with Crippen molar-refractivity contribution in [3.63, 3.8) is 0 Å². The maximum absolute atomic E-state index is 14.5. The number of aliphatic hydroxyl groups excluding tert-OH is 1. The number of methoxy groups -OCH3 is 1. The Labute approximate surface area is 294 Å². The van der Waals surface area contributed by atoms with E-state index in [0.29, 0.717) is 29.0 Å². The molecule has 0 unspecified atom stereocenters. The van der Waals surface area contributed by atoms with E-state index >= 15 is 0 Å². The number of nitrogens with zero attached hydrogens (tertiary/aromatic N) is 2. The first-order chi connectivity index (χ1) is 24.0. The monoisotopic (exact) mass is 691 g/mol. The topological polar surface area (TPSA) is 108 Å². The van der Waals surface area contributed by atoms with Crippen molar-refractivity contribution in [1.82, 2.24) is 4.90 Å². The summed E-state index contributed by atoms with van der Waals surface area (Å²) in [5.74, 6) is -0.160. The van der Waals surface area contributed by atoms with Gasteiger partial charge in [-0.2, -0.15) is 0 Å². The molecule has 0 saturated carbocycles. The second-order valence-electron chi connectivity index (χ2n) is 13.8. The highest BCUT2D eigenvalue weighted by atomic mass is 28.3. The molecule has 6 rings (SSSR count). The van der Waals surface area contributed by atoms with Crippen LogP contribution in [0.3, 0.4) is 0 Å². The van der Waals surface area contributed by atoms with Crippen LogP contribution < -0.4 is 20.1 Å². The van der Waals surface area contributed by atoms with Gasteiger partial charge in [0, 0.05) is 42.9 Å². The minimum absolute atomic E-state index is 0.0485. The maximum Gasteiger partial charge on any atom is 0.264 e. The van der Waals surface area contributed by atoms with Crippen LogP contribution in [0.15, 0.2) is 103 Å². The lowest BCUT2D eigenvalue weighted by molar-refractivity contribution is -0.149. The van der Waals surface area contributed by atoms with Gasteiger partial charge in [0.15, 0.2) is 5.60 Å². The van der Waals surface area contributed by atoms with Gasteiger partial charge in [-0.05, 0) is 53.6 Å². The van der Waals surface area contributed by atoms with Gasteiger partial charge < -0.3 is 29.7 Å². The van der Waals surface area contributed by atoms with Crippen LogP contribution in [-0.2, 0) is 26.5 Å². The number of amides is 3. The second-order valence-corrected chi connectivity index (χ2v) is 18.5. The molecule has 2 heterocycles. The SMILES string of the molecule is COc1ccc([Si](C)(C)[C@H]2[C@H](CC(=O)N(CCO)Cc3ccccc3)O[C@@]3(C(=O)N(C)c4ccc(NC(=O)c5ccccc5)cc43)[C@@H]2C)cc1. The number of hydrogen-bond acceptors (Lipinski definition) is 6. The van der Waals surface area contributed by atoms with Crippen molar-refractivity contribution in [2.75, 3.05) is 37.5 Å². The molecule has 0 aliphatic carbocycles. The Hall–Kier alpha value is -4.77. The molecule has 2 aliphatic rings. The lowest BCUT2D eigenvalue weighted by atomic mass is 9.82. The Morgan fingerprint density at radius 2 is 1.64 bits per heavy atom. The highest BCUT2D eigenvalue weighted by molar-refractivity contribution is 6.91. The predicted molar refractivity (Wildman–Crippen MR) is 197 cm³/mol. The largest absolute Gasteiger partial charge is 0.497 e. The number of aliphatic hydroxyl groups is 1. The van der Waals surface area contributed by atoms with E-state index in [2.05, 4.69) is 37.5 Å². The normalized spacial score (nSPS) is 21.3. The minimum atomic E-state index is -2.49. The first-order valence-electron chi connectivity index (χ1n) is 17.0. The van der Waals surface area contributed by atoms with Gasteiger partial charge in [0.1, 0.15) is 5.75 Å². The Morgan fingerprint density at radius 3 is 2.28 bits per heavy atom. The number of hydrogen-bond donors (Lipinski definition) is 2. The Balaban J connectivity index is 1.40. The van der Waals surface area contributed by atoms with Gasteiger partial charge in [-0.25, -0.2) is 0 Å². The molecule has 1 spiro atoms. The summed E-state index contributed by atoms with van der Waals surface area (Å²) in [5, 5.41) is 14.1. The Morgan fingerprint density at radius 1 is 0.980 bits per heavy atom. The van der Waals surface area contributed by atoms with Crippen LogP contribution in [0.1, 0.15) is 34.8 Å². The summed E-state index contributed by atoms with van der Waals surface area (Å²) in [6.07, 6.45) is -0.545. The van der Waals surface area contributed by atoms with Crippen molar-refractivity contribution in [3.8, 4) is 5.75 Å². The number of likely N-dealkylation sites (N-methyl/N-ethyl adjacent to an activating group) is 1. The molecule has 9 nitrogen and oxygen atoms in total. The molecule has 3 amide bonds. The van der Waals surface area contributed by atoms with Gasteiger partial charge >= 0.3 is 0 Å². The van der Waals surface area contributed by atoms with E-state index < -0.39 is 19.8 Å². The molecular weight excluding hydrogens is 647 g/mol.